The highest BCUT2D eigenvalue weighted by Gasteiger charge is 2.34. The van der Waals surface area contributed by atoms with E-state index in [9.17, 15) is 9.59 Å². The Labute approximate surface area is 221 Å². The number of benzene rings is 1. The van der Waals surface area contributed by atoms with Crippen molar-refractivity contribution in [2.75, 3.05) is 26.2 Å². The minimum absolute atomic E-state index is 0.0191. The van der Waals surface area contributed by atoms with Gasteiger partial charge in [0.25, 0.3) is 5.91 Å². The van der Waals surface area contributed by atoms with Crippen LogP contribution in [-0.2, 0) is 16.1 Å². The molecule has 2 aliphatic heterocycles. The number of hydrazine groups is 1. The maximum absolute atomic E-state index is 13.1. The average molecular weight is 513 g/mol. The van der Waals surface area contributed by atoms with Crippen molar-refractivity contribution >= 4 is 23.5 Å². The standard InChI is InChI=1S/C28H44N6O3/c1-19(2)15-33(20(3)4)27(36)17-32-16-22-23(30-28(32)29)11-7-13-25(22)37-18-26(35)31-34-14-8-10-21-9-5-6-12-24(21)34/h7,11,13,19-21,24H,5-6,8-10,12,14-18H2,1-4H3,(H2,29,30)(H,31,35). The van der Waals surface area contributed by atoms with E-state index in [1.807, 2.05) is 36.9 Å². The first kappa shape index (κ1) is 27.2. The lowest BCUT2D eigenvalue weighted by Gasteiger charge is -2.43. The van der Waals surface area contributed by atoms with Crippen molar-refractivity contribution in [1.82, 2.24) is 20.2 Å². The van der Waals surface area contributed by atoms with Crippen LogP contribution in [0, 0.1) is 11.8 Å². The smallest absolute Gasteiger partial charge is 0.272 e. The lowest BCUT2D eigenvalue weighted by atomic mass is 9.79. The van der Waals surface area contributed by atoms with Crippen molar-refractivity contribution in [2.45, 2.75) is 84.8 Å². The van der Waals surface area contributed by atoms with Crippen LogP contribution in [0.2, 0.25) is 0 Å². The van der Waals surface area contributed by atoms with Crippen LogP contribution in [0.4, 0.5) is 5.69 Å². The van der Waals surface area contributed by atoms with Crippen molar-refractivity contribution in [1.29, 1.82) is 0 Å². The Kier molecular flexibility index (Phi) is 8.95. The average Bonchev–Trinajstić information content (AvgIpc) is 2.86. The fourth-order valence-corrected chi connectivity index (χ4v) is 5.90. The summed E-state index contributed by atoms with van der Waals surface area (Å²) in [5.41, 5.74) is 10.9. The molecule has 1 aliphatic carbocycles. The lowest BCUT2D eigenvalue weighted by molar-refractivity contribution is -0.134. The van der Waals surface area contributed by atoms with Gasteiger partial charge in [-0.05, 0) is 63.5 Å². The van der Waals surface area contributed by atoms with Crippen molar-refractivity contribution in [2.24, 2.45) is 22.6 Å². The highest BCUT2D eigenvalue weighted by molar-refractivity contribution is 5.89. The number of nitrogens with two attached hydrogens (primary N) is 1. The maximum Gasteiger partial charge on any atom is 0.272 e. The summed E-state index contributed by atoms with van der Waals surface area (Å²) in [6.45, 7) is 10.3. The molecule has 2 amide bonds. The van der Waals surface area contributed by atoms with Crippen LogP contribution >= 0.6 is 0 Å². The van der Waals surface area contributed by atoms with Gasteiger partial charge in [-0.2, -0.15) is 0 Å². The highest BCUT2D eigenvalue weighted by Crippen LogP contribution is 2.35. The Balaban J connectivity index is 1.38. The number of aliphatic imine (C=N–C) groups is 1. The quantitative estimate of drug-likeness (QED) is 0.526. The van der Waals surface area contributed by atoms with Gasteiger partial charge < -0.3 is 20.3 Å². The van der Waals surface area contributed by atoms with Gasteiger partial charge in [-0.3, -0.25) is 15.0 Å². The summed E-state index contributed by atoms with van der Waals surface area (Å²) in [4.78, 5) is 34.2. The second-order valence-corrected chi connectivity index (χ2v) is 11.4. The molecule has 204 valence electrons. The van der Waals surface area contributed by atoms with Crippen molar-refractivity contribution in [3.05, 3.63) is 23.8 Å². The molecule has 3 N–H and O–H groups in total. The van der Waals surface area contributed by atoms with E-state index in [0.29, 0.717) is 48.4 Å². The zero-order valence-electron chi connectivity index (χ0n) is 22.9. The minimum atomic E-state index is -0.143. The summed E-state index contributed by atoms with van der Waals surface area (Å²) >= 11 is 0. The highest BCUT2D eigenvalue weighted by atomic mass is 16.5. The van der Waals surface area contributed by atoms with Gasteiger partial charge in [0.1, 0.15) is 12.3 Å². The van der Waals surface area contributed by atoms with Gasteiger partial charge in [0.05, 0.1) is 12.2 Å². The van der Waals surface area contributed by atoms with Crippen LogP contribution < -0.4 is 15.9 Å². The molecule has 0 spiro atoms. The first-order valence-corrected chi connectivity index (χ1v) is 13.9. The molecule has 4 rings (SSSR count). The van der Waals surface area contributed by atoms with Crippen LogP contribution in [0.1, 0.15) is 71.8 Å². The van der Waals surface area contributed by atoms with Crippen molar-refractivity contribution in [3.8, 4) is 5.75 Å². The van der Waals surface area contributed by atoms with Gasteiger partial charge in [0.15, 0.2) is 12.6 Å². The minimum Gasteiger partial charge on any atom is -0.483 e. The summed E-state index contributed by atoms with van der Waals surface area (Å²) < 4.78 is 6.00. The predicted octanol–water partition coefficient (Wildman–Crippen LogP) is 3.41. The summed E-state index contributed by atoms with van der Waals surface area (Å²) in [7, 11) is 0. The molecule has 2 unspecified atom stereocenters. The number of ether oxygens (including phenoxy) is 1. The predicted molar refractivity (Wildman–Crippen MR) is 145 cm³/mol. The Bertz CT molecular complexity index is 992. The van der Waals surface area contributed by atoms with E-state index in [2.05, 4.69) is 29.3 Å². The molecule has 1 saturated heterocycles. The van der Waals surface area contributed by atoms with Gasteiger partial charge in [-0.1, -0.05) is 32.8 Å². The second-order valence-electron chi connectivity index (χ2n) is 11.4. The van der Waals surface area contributed by atoms with Gasteiger partial charge in [-0.25, -0.2) is 10.0 Å². The monoisotopic (exact) mass is 512 g/mol. The van der Waals surface area contributed by atoms with Gasteiger partial charge in [0, 0.05) is 30.7 Å². The first-order valence-electron chi connectivity index (χ1n) is 13.9. The molecule has 2 atom stereocenters. The molecular formula is C28H44N6O3. The normalized spacial score (nSPS) is 21.8. The zero-order valence-corrected chi connectivity index (χ0v) is 22.9. The number of amides is 2. The number of fused-ring (bicyclic) bond motifs is 2. The largest absolute Gasteiger partial charge is 0.483 e. The van der Waals surface area contributed by atoms with Crippen molar-refractivity contribution in [3.63, 3.8) is 0 Å². The van der Waals surface area contributed by atoms with Crippen molar-refractivity contribution < 1.29 is 14.3 Å². The number of hydrogen-bond acceptors (Lipinski definition) is 7. The number of carbonyl (C=O) groups excluding carboxylic acids is 2. The van der Waals surface area contributed by atoms with Gasteiger partial charge in [-0.15, -0.1) is 0 Å². The fraction of sp³-hybridized carbons (Fsp3) is 0.679. The molecule has 1 saturated carbocycles. The van der Waals surface area contributed by atoms with E-state index in [4.69, 9.17) is 10.5 Å². The van der Waals surface area contributed by atoms with E-state index in [-0.39, 0.29) is 31.0 Å². The summed E-state index contributed by atoms with van der Waals surface area (Å²) in [6.07, 6.45) is 7.33. The molecule has 2 heterocycles. The molecule has 37 heavy (non-hydrogen) atoms. The van der Waals surface area contributed by atoms with E-state index in [1.165, 1.54) is 25.7 Å². The van der Waals surface area contributed by atoms with E-state index in [1.54, 1.807) is 4.90 Å². The Morgan fingerprint density at radius 3 is 2.68 bits per heavy atom. The molecule has 9 nitrogen and oxygen atoms in total. The van der Waals surface area contributed by atoms with Crippen LogP contribution in [0.25, 0.3) is 0 Å². The number of nitrogens with zero attached hydrogens (tertiary/aromatic N) is 4. The summed E-state index contributed by atoms with van der Waals surface area (Å²) in [5, 5.41) is 2.15. The molecule has 9 heteroatoms. The molecule has 0 radical (unpaired) electrons. The molecule has 2 fully saturated rings. The first-order chi connectivity index (χ1) is 17.7. The van der Waals surface area contributed by atoms with Crippen LogP contribution in [-0.4, -0.2) is 70.9 Å². The van der Waals surface area contributed by atoms with Crippen LogP contribution in [0.15, 0.2) is 23.2 Å². The molecule has 1 aromatic rings. The Hall–Kier alpha value is -2.81. The number of carbonyl (C=O) groups is 2. The Morgan fingerprint density at radius 1 is 1.16 bits per heavy atom. The van der Waals surface area contributed by atoms with Gasteiger partial charge >= 0.3 is 0 Å². The lowest BCUT2D eigenvalue weighted by Crippen LogP contribution is -2.55. The number of rotatable bonds is 9. The number of piperidine rings is 1. The van der Waals surface area contributed by atoms with Gasteiger partial charge in [0.2, 0.25) is 5.91 Å². The SMILES string of the molecule is CC(C)CN(C(=O)CN1Cc2c(cccc2OCC(=O)NN2CCCC3CCCCC32)N=C1N)C(C)C. The molecule has 1 aromatic carbocycles. The van der Waals surface area contributed by atoms with Crippen LogP contribution in [0.3, 0.4) is 0 Å². The zero-order chi connectivity index (χ0) is 26.5. The Morgan fingerprint density at radius 2 is 1.92 bits per heavy atom. The topological polar surface area (TPSA) is 104 Å². The van der Waals surface area contributed by atoms with E-state index in [0.717, 1.165) is 24.9 Å². The number of hydrogen-bond donors (Lipinski definition) is 2. The maximum atomic E-state index is 13.1. The molecular weight excluding hydrogens is 468 g/mol. The number of guanidine groups is 1. The number of nitrogens with one attached hydrogen (secondary N) is 1. The molecule has 0 bridgehead atoms. The third-order valence-corrected chi connectivity index (χ3v) is 7.72. The third kappa shape index (κ3) is 6.74. The molecule has 3 aliphatic rings. The summed E-state index contributed by atoms with van der Waals surface area (Å²) in [6, 6.07) is 6.13. The van der Waals surface area contributed by atoms with Crippen LogP contribution in [0.5, 0.6) is 5.75 Å². The van der Waals surface area contributed by atoms with E-state index < -0.39 is 0 Å². The second kappa shape index (κ2) is 12.2. The molecule has 0 aromatic heterocycles. The third-order valence-electron chi connectivity index (χ3n) is 7.72. The van der Waals surface area contributed by atoms with E-state index >= 15 is 0 Å². The summed E-state index contributed by atoms with van der Waals surface area (Å²) in [5.74, 6) is 1.85. The fourth-order valence-electron chi connectivity index (χ4n) is 5.90.